The largest absolute Gasteiger partial charge is 0.370 e. The minimum absolute atomic E-state index is 0.0979. The lowest BCUT2D eigenvalue weighted by Gasteiger charge is -2.08. The fourth-order valence-electron chi connectivity index (χ4n) is 2.98. The number of fused-ring (bicyclic) bond motifs is 1. The molecular weight excluding hydrogens is 286 g/mol. The Morgan fingerprint density at radius 2 is 2.00 bits per heavy atom. The molecule has 0 radical (unpaired) electrons. The molecule has 0 saturated carbocycles. The SMILES string of the molecule is O=C(Cc1ccc2c(c1)CCC2)NCCCNc1ccccn1. The molecule has 0 unspecified atom stereocenters. The van der Waals surface area contributed by atoms with E-state index in [4.69, 9.17) is 0 Å². The van der Waals surface area contributed by atoms with E-state index in [-0.39, 0.29) is 5.91 Å². The molecule has 1 heterocycles. The zero-order valence-corrected chi connectivity index (χ0v) is 13.3. The van der Waals surface area contributed by atoms with E-state index < -0.39 is 0 Å². The molecule has 3 rings (SSSR count). The second-order valence-corrected chi connectivity index (χ2v) is 5.98. The number of hydrogen-bond acceptors (Lipinski definition) is 3. The molecule has 0 bridgehead atoms. The molecule has 23 heavy (non-hydrogen) atoms. The molecular formula is C19H23N3O. The Morgan fingerprint density at radius 3 is 2.87 bits per heavy atom. The van der Waals surface area contributed by atoms with Crippen molar-refractivity contribution < 1.29 is 4.79 Å². The van der Waals surface area contributed by atoms with E-state index in [9.17, 15) is 4.79 Å². The lowest BCUT2D eigenvalue weighted by Crippen LogP contribution is -2.27. The summed E-state index contributed by atoms with van der Waals surface area (Å²) < 4.78 is 0. The van der Waals surface area contributed by atoms with Crippen LogP contribution in [0, 0.1) is 0 Å². The molecule has 2 N–H and O–H groups in total. The zero-order valence-electron chi connectivity index (χ0n) is 13.3. The van der Waals surface area contributed by atoms with Gasteiger partial charge in [-0.15, -0.1) is 0 Å². The van der Waals surface area contributed by atoms with Crippen LogP contribution in [0.2, 0.25) is 0 Å². The first-order valence-electron chi connectivity index (χ1n) is 8.33. The van der Waals surface area contributed by atoms with Gasteiger partial charge in [0.25, 0.3) is 0 Å². The molecule has 0 saturated heterocycles. The summed E-state index contributed by atoms with van der Waals surface area (Å²) in [4.78, 5) is 16.2. The number of nitrogens with one attached hydrogen (secondary N) is 2. The number of anilines is 1. The first-order chi connectivity index (χ1) is 11.3. The highest BCUT2D eigenvalue weighted by molar-refractivity contribution is 5.78. The Bertz CT molecular complexity index is 655. The van der Waals surface area contributed by atoms with Gasteiger partial charge in [0.2, 0.25) is 5.91 Å². The highest BCUT2D eigenvalue weighted by Gasteiger charge is 2.12. The van der Waals surface area contributed by atoms with Crippen LogP contribution >= 0.6 is 0 Å². The minimum Gasteiger partial charge on any atom is -0.370 e. The van der Waals surface area contributed by atoms with Crippen molar-refractivity contribution in [3.8, 4) is 0 Å². The molecule has 1 aromatic heterocycles. The fourth-order valence-corrected chi connectivity index (χ4v) is 2.98. The van der Waals surface area contributed by atoms with Crippen LogP contribution in [0.5, 0.6) is 0 Å². The van der Waals surface area contributed by atoms with Crippen molar-refractivity contribution in [2.75, 3.05) is 18.4 Å². The normalized spacial score (nSPS) is 12.7. The maximum Gasteiger partial charge on any atom is 0.224 e. The maximum atomic E-state index is 12.0. The number of rotatable bonds is 7. The van der Waals surface area contributed by atoms with Crippen LogP contribution in [-0.4, -0.2) is 24.0 Å². The molecule has 0 fully saturated rings. The summed E-state index contributed by atoms with van der Waals surface area (Å²) in [6.45, 7) is 1.49. The van der Waals surface area contributed by atoms with Gasteiger partial charge in [-0.05, 0) is 54.5 Å². The van der Waals surface area contributed by atoms with E-state index in [0.29, 0.717) is 13.0 Å². The molecule has 2 aromatic rings. The van der Waals surface area contributed by atoms with Crippen LogP contribution in [0.25, 0.3) is 0 Å². The molecule has 1 amide bonds. The van der Waals surface area contributed by atoms with E-state index in [1.165, 1.54) is 24.0 Å². The van der Waals surface area contributed by atoms with Gasteiger partial charge in [-0.3, -0.25) is 4.79 Å². The number of nitrogens with zero attached hydrogens (tertiary/aromatic N) is 1. The third-order valence-corrected chi connectivity index (χ3v) is 4.17. The highest BCUT2D eigenvalue weighted by atomic mass is 16.1. The van der Waals surface area contributed by atoms with E-state index in [1.807, 2.05) is 18.2 Å². The standard InChI is InChI=1S/C19H23N3O/c23-19(14-15-8-9-16-5-3-6-17(16)13-15)22-12-4-11-21-18-7-1-2-10-20-18/h1-2,7-10,13H,3-6,11-12,14H2,(H,20,21)(H,22,23). The fraction of sp³-hybridized carbons (Fsp3) is 0.368. The minimum atomic E-state index is 0.0979. The summed E-state index contributed by atoms with van der Waals surface area (Å²) >= 11 is 0. The lowest BCUT2D eigenvalue weighted by molar-refractivity contribution is -0.120. The number of hydrogen-bond donors (Lipinski definition) is 2. The summed E-state index contributed by atoms with van der Waals surface area (Å²) in [6, 6.07) is 12.3. The summed E-state index contributed by atoms with van der Waals surface area (Å²) in [7, 11) is 0. The predicted molar refractivity (Wildman–Crippen MR) is 92.5 cm³/mol. The molecule has 4 nitrogen and oxygen atoms in total. The second-order valence-electron chi connectivity index (χ2n) is 5.98. The number of carbonyl (C=O) groups is 1. The number of pyridine rings is 1. The monoisotopic (exact) mass is 309 g/mol. The van der Waals surface area contributed by atoms with E-state index in [0.717, 1.165) is 30.8 Å². The van der Waals surface area contributed by atoms with Gasteiger partial charge in [0, 0.05) is 19.3 Å². The van der Waals surface area contributed by atoms with Crippen molar-refractivity contribution in [1.29, 1.82) is 0 Å². The van der Waals surface area contributed by atoms with Crippen LogP contribution in [0.4, 0.5) is 5.82 Å². The van der Waals surface area contributed by atoms with Crippen LogP contribution in [0.1, 0.15) is 29.5 Å². The first kappa shape index (κ1) is 15.5. The molecule has 0 aliphatic heterocycles. The van der Waals surface area contributed by atoms with Crippen molar-refractivity contribution in [3.63, 3.8) is 0 Å². The van der Waals surface area contributed by atoms with Gasteiger partial charge in [-0.2, -0.15) is 0 Å². The van der Waals surface area contributed by atoms with Crippen molar-refractivity contribution in [3.05, 3.63) is 59.3 Å². The average molecular weight is 309 g/mol. The van der Waals surface area contributed by atoms with Gasteiger partial charge in [0.05, 0.1) is 6.42 Å². The predicted octanol–water partition coefficient (Wildman–Crippen LogP) is 2.73. The van der Waals surface area contributed by atoms with Gasteiger partial charge in [0.15, 0.2) is 0 Å². The Balaban J connectivity index is 1.35. The average Bonchev–Trinajstić information content (AvgIpc) is 3.03. The Hall–Kier alpha value is -2.36. The van der Waals surface area contributed by atoms with E-state index in [2.05, 4.69) is 33.8 Å². The Morgan fingerprint density at radius 1 is 1.09 bits per heavy atom. The van der Waals surface area contributed by atoms with Crippen molar-refractivity contribution >= 4 is 11.7 Å². The zero-order chi connectivity index (χ0) is 15.9. The summed E-state index contributed by atoms with van der Waals surface area (Å²) in [5.74, 6) is 0.970. The van der Waals surface area contributed by atoms with Gasteiger partial charge in [-0.1, -0.05) is 24.3 Å². The molecule has 4 heteroatoms. The lowest BCUT2D eigenvalue weighted by atomic mass is 10.0. The highest BCUT2D eigenvalue weighted by Crippen LogP contribution is 2.22. The van der Waals surface area contributed by atoms with Gasteiger partial charge in [0.1, 0.15) is 5.82 Å². The van der Waals surface area contributed by atoms with E-state index >= 15 is 0 Å². The van der Waals surface area contributed by atoms with Crippen LogP contribution in [-0.2, 0) is 24.1 Å². The molecule has 1 aliphatic rings. The molecule has 1 aliphatic carbocycles. The smallest absolute Gasteiger partial charge is 0.224 e. The van der Waals surface area contributed by atoms with Crippen LogP contribution in [0.3, 0.4) is 0 Å². The number of benzene rings is 1. The van der Waals surface area contributed by atoms with Crippen LogP contribution < -0.4 is 10.6 Å². The first-order valence-corrected chi connectivity index (χ1v) is 8.33. The second kappa shape index (κ2) is 7.77. The number of aryl methyl sites for hydroxylation is 2. The van der Waals surface area contributed by atoms with Crippen molar-refractivity contribution in [2.45, 2.75) is 32.1 Å². The van der Waals surface area contributed by atoms with Gasteiger partial charge < -0.3 is 10.6 Å². The summed E-state index contributed by atoms with van der Waals surface area (Å²) in [6.07, 6.45) is 6.71. The topological polar surface area (TPSA) is 54.0 Å². The molecule has 1 aromatic carbocycles. The third-order valence-electron chi connectivity index (χ3n) is 4.17. The Kier molecular flexibility index (Phi) is 5.25. The summed E-state index contributed by atoms with van der Waals surface area (Å²) in [5.41, 5.74) is 4.00. The van der Waals surface area contributed by atoms with E-state index in [1.54, 1.807) is 6.20 Å². The Labute approximate surface area is 137 Å². The third kappa shape index (κ3) is 4.55. The number of amides is 1. The molecule has 0 spiro atoms. The number of carbonyl (C=O) groups excluding carboxylic acids is 1. The maximum absolute atomic E-state index is 12.0. The van der Waals surface area contributed by atoms with Crippen molar-refractivity contribution in [2.24, 2.45) is 0 Å². The molecule has 120 valence electrons. The van der Waals surface area contributed by atoms with Gasteiger partial charge in [-0.25, -0.2) is 4.98 Å². The quantitative estimate of drug-likeness (QED) is 0.773. The van der Waals surface area contributed by atoms with Gasteiger partial charge >= 0.3 is 0 Å². The number of aromatic nitrogens is 1. The van der Waals surface area contributed by atoms with Crippen molar-refractivity contribution in [1.82, 2.24) is 10.3 Å². The molecule has 0 atom stereocenters. The summed E-state index contributed by atoms with van der Waals surface area (Å²) in [5, 5.41) is 6.22. The van der Waals surface area contributed by atoms with Crippen LogP contribution in [0.15, 0.2) is 42.6 Å².